The number of sulfonamides is 1. The number of amides is 1. The Labute approximate surface area is 171 Å². The summed E-state index contributed by atoms with van der Waals surface area (Å²) in [4.78, 5) is 25.1. The summed E-state index contributed by atoms with van der Waals surface area (Å²) in [5.74, 6) is -0.614. The number of hydrogen-bond acceptors (Lipinski definition) is 6. The number of hydrogen-bond donors (Lipinski definition) is 0. The van der Waals surface area contributed by atoms with Crippen molar-refractivity contribution in [3.05, 3.63) is 29.3 Å². The van der Waals surface area contributed by atoms with Crippen LogP contribution in [0.2, 0.25) is 0 Å². The molecule has 3 atom stereocenters. The van der Waals surface area contributed by atoms with Crippen molar-refractivity contribution in [2.24, 2.45) is 16.7 Å². The van der Waals surface area contributed by atoms with Gasteiger partial charge in [-0.25, -0.2) is 17.5 Å². The molecule has 0 saturated heterocycles. The second-order valence-corrected chi connectivity index (χ2v) is 10.9. The van der Waals surface area contributed by atoms with Gasteiger partial charge in [0.15, 0.2) is 0 Å². The van der Waals surface area contributed by atoms with Crippen LogP contribution < -0.4 is 0 Å². The zero-order valence-electron chi connectivity index (χ0n) is 17.2. The topological polar surface area (TPSA) is 90.0 Å². The van der Waals surface area contributed by atoms with E-state index in [9.17, 15) is 18.0 Å². The van der Waals surface area contributed by atoms with E-state index in [1.807, 2.05) is 0 Å². The van der Waals surface area contributed by atoms with Gasteiger partial charge in [-0.1, -0.05) is 20.8 Å². The lowest BCUT2D eigenvalue weighted by Crippen LogP contribution is -2.38. The van der Waals surface area contributed by atoms with Gasteiger partial charge in [-0.15, -0.1) is 0 Å². The molecule has 1 heterocycles. The fraction of sp³-hybridized carbons (Fsp3) is 0.619. The fourth-order valence-corrected chi connectivity index (χ4v) is 6.88. The monoisotopic (exact) mass is 421 g/mol. The lowest BCUT2D eigenvalue weighted by molar-refractivity contribution is -0.0242. The molecule has 0 N–H and O–H groups in total. The summed E-state index contributed by atoms with van der Waals surface area (Å²) in [6, 6.07) is 4.12. The summed E-state index contributed by atoms with van der Waals surface area (Å²) in [5.41, 5.74) is 0.250. The summed E-state index contributed by atoms with van der Waals surface area (Å²) >= 11 is 0. The van der Waals surface area contributed by atoms with E-state index in [0.717, 1.165) is 23.6 Å². The molecule has 158 valence electrons. The standard InChI is InChI=1S/C21H27NO6S/c1-20(2)14-7-8-21(20,3)17(12-14)28-19(24)13-5-6-15-16(11-13)29(25,26)22(18(15)23)9-10-27-4/h5-6,11,14,17H,7-10,12H2,1-4H3. The molecule has 2 fully saturated rings. The second kappa shape index (κ2) is 6.54. The maximum atomic E-state index is 12.8. The maximum Gasteiger partial charge on any atom is 0.338 e. The van der Waals surface area contributed by atoms with Crippen molar-refractivity contribution in [2.75, 3.05) is 20.3 Å². The smallest absolute Gasteiger partial charge is 0.338 e. The van der Waals surface area contributed by atoms with E-state index in [-0.39, 0.29) is 46.1 Å². The van der Waals surface area contributed by atoms with Gasteiger partial charge in [-0.05, 0) is 48.8 Å². The van der Waals surface area contributed by atoms with E-state index in [1.165, 1.54) is 25.3 Å². The van der Waals surface area contributed by atoms with E-state index in [1.54, 1.807) is 0 Å². The highest BCUT2D eigenvalue weighted by Crippen LogP contribution is 2.66. The van der Waals surface area contributed by atoms with E-state index in [2.05, 4.69) is 20.8 Å². The zero-order valence-corrected chi connectivity index (χ0v) is 18.0. The molecule has 1 amide bonds. The molecule has 29 heavy (non-hydrogen) atoms. The average molecular weight is 422 g/mol. The van der Waals surface area contributed by atoms with Gasteiger partial charge in [-0.2, -0.15) is 0 Å². The molecule has 2 aliphatic carbocycles. The molecule has 3 unspecified atom stereocenters. The third-order valence-electron chi connectivity index (χ3n) is 7.70. The van der Waals surface area contributed by atoms with E-state index in [0.29, 0.717) is 5.92 Å². The Morgan fingerprint density at radius 1 is 1.28 bits per heavy atom. The third-order valence-corrected chi connectivity index (χ3v) is 9.53. The van der Waals surface area contributed by atoms with Gasteiger partial charge in [0.2, 0.25) is 0 Å². The molecule has 7 nitrogen and oxygen atoms in total. The Hall–Kier alpha value is -1.93. The van der Waals surface area contributed by atoms with Gasteiger partial charge < -0.3 is 9.47 Å². The molecule has 1 aliphatic heterocycles. The van der Waals surface area contributed by atoms with Crippen LogP contribution in [-0.4, -0.2) is 51.0 Å². The van der Waals surface area contributed by atoms with Gasteiger partial charge in [0.05, 0.1) is 24.3 Å². The predicted molar refractivity (Wildman–Crippen MR) is 105 cm³/mol. The fourth-order valence-electron chi connectivity index (χ4n) is 5.30. The van der Waals surface area contributed by atoms with E-state index >= 15 is 0 Å². The lowest BCUT2D eigenvalue weighted by atomic mass is 9.70. The van der Waals surface area contributed by atoms with Crippen LogP contribution in [0.15, 0.2) is 23.1 Å². The first kappa shape index (κ1) is 20.3. The summed E-state index contributed by atoms with van der Waals surface area (Å²) in [6.07, 6.45) is 2.81. The van der Waals surface area contributed by atoms with Crippen LogP contribution >= 0.6 is 0 Å². The Bertz CT molecular complexity index is 985. The first-order valence-corrected chi connectivity index (χ1v) is 11.4. The largest absolute Gasteiger partial charge is 0.458 e. The highest BCUT2D eigenvalue weighted by Gasteiger charge is 2.62. The van der Waals surface area contributed by atoms with Crippen molar-refractivity contribution in [3.8, 4) is 0 Å². The molecule has 2 saturated carbocycles. The Balaban J connectivity index is 1.58. The molecule has 0 aromatic heterocycles. The quantitative estimate of drug-likeness (QED) is 0.679. The number of fused-ring (bicyclic) bond motifs is 3. The summed E-state index contributed by atoms with van der Waals surface area (Å²) in [7, 11) is -2.56. The number of methoxy groups -OCH3 is 1. The molecule has 2 bridgehead atoms. The van der Waals surface area contributed by atoms with Crippen LogP contribution in [0.1, 0.15) is 60.7 Å². The summed E-state index contributed by atoms with van der Waals surface area (Å²) in [5, 5.41) is 0. The number of rotatable bonds is 5. The van der Waals surface area contributed by atoms with Crippen LogP contribution in [0.25, 0.3) is 0 Å². The van der Waals surface area contributed by atoms with Crippen molar-refractivity contribution >= 4 is 21.9 Å². The van der Waals surface area contributed by atoms with Crippen LogP contribution in [-0.2, 0) is 19.5 Å². The van der Waals surface area contributed by atoms with Crippen LogP contribution in [0.3, 0.4) is 0 Å². The molecule has 8 heteroatoms. The Morgan fingerprint density at radius 3 is 2.59 bits per heavy atom. The molecule has 1 aromatic rings. The molecule has 0 radical (unpaired) electrons. The number of nitrogens with zero attached hydrogens (tertiary/aromatic N) is 1. The maximum absolute atomic E-state index is 12.8. The highest BCUT2D eigenvalue weighted by atomic mass is 32.2. The first-order valence-electron chi connectivity index (χ1n) is 9.95. The molecule has 1 aromatic carbocycles. The Kier molecular flexibility index (Phi) is 4.59. The number of esters is 1. The molecular formula is C21H27NO6S. The van der Waals surface area contributed by atoms with Gasteiger partial charge in [0.1, 0.15) is 11.0 Å². The first-order chi connectivity index (χ1) is 13.5. The van der Waals surface area contributed by atoms with Gasteiger partial charge in [0.25, 0.3) is 15.9 Å². The predicted octanol–water partition coefficient (Wildman–Crippen LogP) is 2.85. The summed E-state index contributed by atoms with van der Waals surface area (Å²) in [6.45, 7) is 6.69. The number of carbonyl (C=O) groups is 2. The second-order valence-electron chi connectivity index (χ2n) is 9.09. The van der Waals surface area contributed by atoms with E-state index in [4.69, 9.17) is 9.47 Å². The minimum atomic E-state index is -3.99. The lowest BCUT2D eigenvalue weighted by Gasteiger charge is -2.38. The van der Waals surface area contributed by atoms with Crippen molar-refractivity contribution < 1.29 is 27.5 Å². The summed E-state index contributed by atoms with van der Waals surface area (Å²) < 4.78 is 37.1. The molecule has 0 spiro atoms. The minimum Gasteiger partial charge on any atom is -0.458 e. The van der Waals surface area contributed by atoms with Gasteiger partial charge in [-0.3, -0.25) is 4.79 Å². The SMILES string of the molecule is COCCN1C(=O)c2ccc(C(=O)OC3CC4CCC3(C)C4(C)C)cc2S1(=O)=O. The number of ether oxygens (including phenoxy) is 2. The number of benzene rings is 1. The van der Waals surface area contributed by atoms with E-state index < -0.39 is 21.9 Å². The van der Waals surface area contributed by atoms with Gasteiger partial charge in [0, 0.05) is 12.5 Å². The Morgan fingerprint density at radius 2 is 2.00 bits per heavy atom. The molecule has 4 rings (SSSR count). The van der Waals surface area contributed by atoms with Crippen molar-refractivity contribution in [1.29, 1.82) is 0 Å². The van der Waals surface area contributed by atoms with Crippen LogP contribution in [0.5, 0.6) is 0 Å². The normalized spacial score (nSPS) is 31.2. The van der Waals surface area contributed by atoms with Crippen molar-refractivity contribution in [2.45, 2.75) is 51.0 Å². The van der Waals surface area contributed by atoms with Gasteiger partial charge >= 0.3 is 5.97 Å². The van der Waals surface area contributed by atoms with Crippen molar-refractivity contribution in [1.82, 2.24) is 4.31 Å². The molecular weight excluding hydrogens is 394 g/mol. The third kappa shape index (κ3) is 2.75. The highest BCUT2D eigenvalue weighted by molar-refractivity contribution is 7.90. The van der Waals surface area contributed by atoms with Crippen LogP contribution in [0, 0.1) is 16.7 Å². The van der Waals surface area contributed by atoms with Crippen molar-refractivity contribution in [3.63, 3.8) is 0 Å². The number of carbonyl (C=O) groups excluding carboxylic acids is 2. The zero-order chi connectivity index (χ0) is 21.2. The minimum absolute atomic E-state index is 0.0664. The molecule has 3 aliphatic rings. The average Bonchev–Trinajstić information content (AvgIpc) is 3.09. The van der Waals surface area contributed by atoms with Crippen LogP contribution in [0.4, 0.5) is 0 Å².